The minimum absolute atomic E-state index is 0.0401. The van der Waals surface area contributed by atoms with E-state index < -0.39 is 0 Å². The Morgan fingerprint density at radius 3 is 2.88 bits per heavy atom. The molecule has 0 N–H and O–H groups in total. The summed E-state index contributed by atoms with van der Waals surface area (Å²) in [5.41, 5.74) is 1.42. The first kappa shape index (κ1) is 12.0. The third-order valence-corrected chi connectivity index (χ3v) is 3.06. The van der Waals surface area contributed by atoms with E-state index >= 15 is 0 Å². The summed E-state index contributed by atoms with van der Waals surface area (Å²) in [5.74, 6) is -0.0401. The van der Waals surface area contributed by atoms with Crippen LogP contribution in [0, 0.1) is 0 Å². The normalized spacial score (nSPS) is 11.5. The Morgan fingerprint density at radius 1 is 1.47 bits per heavy atom. The van der Waals surface area contributed by atoms with Gasteiger partial charge >= 0.3 is 0 Å². The van der Waals surface area contributed by atoms with Gasteiger partial charge in [-0.15, -0.1) is 0 Å². The molecule has 1 aromatic carbocycles. The summed E-state index contributed by atoms with van der Waals surface area (Å²) in [4.78, 5) is 15.6. The van der Waals surface area contributed by atoms with Crippen LogP contribution in [-0.2, 0) is 4.79 Å². The fraction of sp³-hybridized carbons (Fsp3) is 0.0833. The molecule has 0 aliphatic rings. The maximum Gasteiger partial charge on any atom is 0.162 e. The van der Waals surface area contributed by atoms with Crippen LogP contribution in [0.1, 0.15) is 17.5 Å². The summed E-state index contributed by atoms with van der Waals surface area (Å²) in [6.45, 7) is 1.51. The summed E-state index contributed by atoms with van der Waals surface area (Å²) in [6.07, 6.45) is 3.21. The predicted molar refractivity (Wildman–Crippen MR) is 69.9 cm³/mol. The third kappa shape index (κ3) is 2.99. The van der Waals surface area contributed by atoms with Crippen molar-refractivity contribution in [2.75, 3.05) is 0 Å². The fourth-order valence-corrected chi connectivity index (χ4v) is 2.16. The first-order valence-electron chi connectivity index (χ1n) is 4.92. The van der Waals surface area contributed by atoms with Gasteiger partial charge in [0.15, 0.2) is 5.78 Å². The molecular weight excluding hydrogens is 256 g/mol. The Balaban J connectivity index is 2.44. The molecule has 0 amide bonds. The van der Waals surface area contributed by atoms with Crippen LogP contribution in [0.5, 0.6) is 0 Å². The molecule has 2 aromatic rings. The second kappa shape index (κ2) is 5.21. The monoisotopic (exact) mass is 264 g/mol. The lowest BCUT2D eigenvalue weighted by Crippen LogP contribution is -1.95. The molecule has 3 nitrogen and oxygen atoms in total. The number of carbonyl (C=O) groups excluding carboxylic acids is 1. The molecule has 0 unspecified atom stereocenters. The maximum absolute atomic E-state index is 11.6. The second-order valence-electron chi connectivity index (χ2n) is 3.42. The quantitative estimate of drug-likeness (QED) is 0.799. The zero-order valence-corrected chi connectivity index (χ0v) is 10.6. The number of benzene rings is 1. The highest BCUT2D eigenvalue weighted by Gasteiger charge is 2.10. The van der Waals surface area contributed by atoms with Gasteiger partial charge in [0.25, 0.3) is 0 Å². The molecule has 5 heteroatoms. The van der Waals surface area contributed by atoms with Crippen LogP contribution >= 0.6 is 23.1 Å². The van der Waals surface area contributed by atoms with Gasteiger partial charge in [-0.2, -0.15) is 4.37 Å². The number of carbonyl (C=O) groups is 1. The van der Waals surface area contributed by atoms with Crippen molar-refractivity contribution in [3.05, 3.63) is 46.2 Å². The van der Waals surface area contributed by atoms with Gasteiger partial charge in [-0.1, -0.05) is 23.7 Å². The van der Waals surface area contributed by atoms with Crippen molar-refractivity contribution in [2.45, 2.75) is 6.92 Å². The highest BCUT2D eigenvalue weighted by Crippen LogP contribution is 2.21. The number of ketones is 1. The van der Waals surface area contributed by atoms with Crippen LogP contribution in [0.2, 0.25) is 5.02 Å². The van der Waals surface area contributed by atoms with E-state index in [0.717, 1.165) is 5.56 Å². The van der Waals surface area contributed by atoms with Gasteiger partial charge in [0.05, 0.1) is 5.57 Å². The summed E-state index contributed by atoms with van der Waals surface area (Å²) in [5, 5.41) is 1.26. The number of halogens is 1. The molecule has 0 spiro atoms. The summed E-state index contributed by atoms with van der Waals surface area (Å²) in [6, 6.07) is 7.31. The fourth-order valence-electron chi connectivity index (χ4n) is 1.37. The van der Waals surface area contributed by atoms with Crippen molar-refractivity contribution in [2.24, 2.45) is 0 Å². The molecule has 0 bridgehead atoms. The van der Waals surface area contributed by atoms with Crippen LogP contribution in [0.25, 0.3) is 11.6 Å². The molecule has 0 saturated heterocycles. The highest BCUT2D eigenvalue weighted by molar-refractivity contribution is 7.07. The smallest absolute Gasteiger partial charge is 0.162 e. The lowest BCUT2D eigenvalue weighted by Gasteiger charge is -1.99. The van der Waals surface area contributed by atoms with E-state index in [1.54, 1.807) is 18.2 Å². The summed E-state index contributed by atoms with van der Waals surface area (Å²) < 4.78 is 3.90. The largest absolute Gasteiger partial charge is 0.294 e. The van der Waals surface area contributed by atoms with E-state index in [1.165, 1.54) is 24.8 Å². The number of hydrogen-bond acceptors (Lipinski definition) is 4. The van der Waals surface area contributed by atoms with Crippen molar-refractivity contribution in [1.29, 1.82) is 0 Å². The van der Waals surface area contributed by atoms with Crippen molar-refractivity contribution in [1.82, 2.24) is 9.36 Å². The summed E-state index contributed by atoms with van der Waals surface area (Å²) in [7, 11) is 0. The first-order valence-corrected chi connectivity index (χ1v) is 6.07. The Bertz CT molecular complexity index is 564. The maximum atomic E-state index is 11.6. The molecule has 1 heterocycles. The molecule has 0 atom stereocenters. The minimum Gasteiger partial charge on any atom is -0.294 e. The molecule has 0 saturated carbocycles. The molecule has 1 aromatic heterocycles. The van der Waals surface area contributed by atoms with Crippen LogP contribution < -0.4 is 0 Å². The van der Waals surface area contributed by atoms with Gasteiger partial charge in [0, 0.05) is 5.02 Å². The lowest BCUT2D eigenvalue weighted by molar-refractivity contribution is -0.111. The third-order valence-electron chi connectivity index (χ3n) is 2.13. The number of aromatic nitrogens is 2. The predicted octanol–water partition coefficient (Wildman–Crippen LogP) is 3.32. The van der Waals surface area contributed by atoms with Gasteiger partial charge in [0.1, 0.15) is 11.3 Å². The zero-order chi connectivity index (χ0) is 12.3. The number of allylic oxidation sites excluding steroid dienone is 1. The van der Waals surface area contributed by atoms with Crippen LogP contribution in [0.3, 0.4) is 0 Å². The molecule has 2 rings (SSSR count). The van der Waals surface area contributed by atoms with E-state index in [1.807, 2.05) is 12.1 Å². The van der Waals surface area contributed by atoms with Gasteiger partial charge < -0.3 is 0 Å². The van der Waals surface area contributed by atoms with Crippen molar-refractivity contribution in [3.63, 3.8) is 0 Å². The molecule has 86 valence electrons. The van der Waals surface area contributed by atoms with Crippen LogP contribution in [0.4, 0.5) is 0 Å². The Morgan fingerprint density at radius 2 is 2.29 bits per heavy atom. The number of Topliss-reactive ketones (excluding diaryl/α,β-unsaturated/α-hetero) is 1. The lowest BCUT2D eigenvalue weighted by atomic mass is 10.1. The van der Waals surface area contributed by atoms with E-state index in [9.17, 15) is 4.79 Å². The minimum atomic E-state index is -0.0401. The van der Waals surface area contributed by atoms with Gasteiger partial charge in [0.2, 0.25) is 0 Å². The molecular formula is C12H9ClN2OS. The van der Waals surface area contributed by atoms with E-state index in [-0.39, 0.29) is 5.78 Å². The average Bonchev–Trinajstić information content (AvgIpc) is 2.78. The molecule has 0 fully saturated rings. The molecule has 0 radical (unpaired) electrons. The SMILES string of the molecule is CC(=O)C(=Cc1cccc(Cl)c1)c1ncns1. The summed E-state index contributed by atoms with van der Waals surface area (Å²) >= 11 is 7.09. The van der Waals surface area contributed by atoms with E-state index in [2.05, 4.69) is 9.36 Å². The van der Waals surface area contributed by atoms with Crippen molar-refractivity contribution < 1.29 is 4.79 Å². The average molecular weight is 265 g/mol. The van der Waals surface area contributed by atoms with Crippen LogP contribution in [-0.4, -0.2) is 15.1 Å². The van der Waals surface area contributed by atoms with Crippen molar-refractivity contribution in [3.8, 4) is 0 Å². The van der Waals surface area contributed by atoms with Gasteiger partial charge in [-0.3, -0.25) is 4.79 Å². The first-order chi connectivity index (χ1) is 8.16. The van der Waals surface area contributed by atoms with E-state index in [4.69, 9.17) is 11.6 Å². The second-order valence-corrected chi connectivity index (χ2v) is 4.63. The number of hydrogen-bond donors (Lipinski definition) is 0. The zero-order valence-electron chi connectivity index (χ0n) is 9.05. The van der Waals surface area contributed by atoms with Crippen molar-refractivity contribution >= 4 is 40.6 Å². The Labute approximate surface area is 108 Å². The van der Waals surface area contributed by atoms with Gasteiger partial charge in [-0.05, 0) is 42.2 Å². The molecule has 17 heavy (non-hydrogen) atoms. The molecule has 0 aliphatic heterocycles. The Kier molecular flexibility index (Phi) is 3.66. The standard InChI is InChI=1S/C12H9ClN2OS/c1-8(16)11(12-14-7-15-17-12)6-9-3-2-4-10(13)5-9/h2-7H,1H3. The van der Waals surface area contributed by atoms with E-state index in [0.29, 0.717) is 15.6 Å². The van der Waals surface area contributed by atoms with Crippen LogP contribution in [0.15, 0.2) is 30.6 Å². The molecule has 0 aliphatic carbocycles. The topological polar surface area (TPSA) is 42.9 Å². The highest BCUT2D eigenvalue weighted by atomic mass is 35.5. The number of rotatable bonds is 3. The number of nitrogens with zero attached hydrogens (tertiary/aromatic N) is 2. The Hall–Kier alpha value is -1.52. The van der Waals surface area contributed by atoms with Gasteiger partial charge in [-0.25, -0.2) is 4.98 Å².